The third-order valence-electron chi connectivity index (χ3n) is 2.60. The molecule has 0 radical (unpaired) electrons. The van der Waals surface area contributed by atoms with Gasteiger partial charge in [-0.05, 0) is 32.0 Å². The second-order valence-corrected chi connectivity index (χ2v) is 4.67. The Kier molecular flexibility index (Phi) is 5.85. The number of carbonyl (C=O) groups is 2. The molecule has 1 rings (SSSR count). The molecule has 98 valence electrons. The average molecular weight is 313 g/mol. The van der Waals surface area contributed by atoms with Gasteiger partial charge in [-0.15, -0.1) is 0 Å². The summed E-state index contributed by atoms with van der Waals surface area (Å²) in [5.74, 6) is -0.305. The van der Waals surface area contributed by atoms with Crippen molar-refractivity contribution < 1.29 is 9.59 Å². The maximum Gasteiger partial charge on any atom is 0.251 e. The molecule has 0 saturated heterocycles. The Hall–Kier alpha value is -1.36. The lowest BCUT2D eigenvalue weighted by atomic mass is 10.2. The van der Waals surface area contributed by atoms with Gasteiger partial charge in [-0.3, -0.25) is 9.59 Å². The van der Waals surface area contributed by atoms with Gasteiger partial charge in [0.05, 0.1) is 6.54 Å². The predicted octanol–water partition coefficient (Wildman–Crippen LogP) is 2.05. The molecule has 1 N–H and O–H groups in total. The van der Waals surface area contributed by atoms with Gasteiger partial charge in [0.25, 0.3) is 5.91 Å². The molecule has 0 aliphatic carbocycles. The molecule has 0 aliphatic rings. The van der Waals surface area contributed by atoms with Gasteiger partial charge < -0.3 is 10.2 Å². The van der Waals surface area contributed by atoms with Crippen LogP contribution in [0.1, 0.15) is 24.2 Å². The van der Waals surface area contributed by atoms with E-state index >= 15 is 0 Å². The number of hydrogen-bond donors (Lipinski definition) is 1. The van der Waals surface area contributed by atoms with Crippen molar-refractivity contribution >= 4 is 27.7 Å². The molecule has 1 aromatic carbocycles. The molecule has 0 bridgehead atoms. The molecular formula is C13H17BrN2O2. The molecular weight excluding hydrogens is 296 g/mol. The van der Waals surface area contributed by atoms with Crippen molar-refractivity contribution in [2.45, 2.75) is 13.8 Å². The number of halogens is 1. The van der Waals surface area contributed by atoms with Crippen LogP contribution in [0, 0.1) is 0 Å². The highest BCUT2D eigenvalue weighted by Gasteiger charge is 2.12. The number of hydrogen-bond acceptors (Lipinski definition) is 2. The lowest BCUT2D eigenvalue weighted by Crippen LogP contribution is -2.39. The van der Waals surface area contributed by atoms with Gasteiger partial charge >= 0.3 is 0 Å². The van der Waals surface area contributed by atoms with Gasteiger partial charge in [0.15, 0.2) is 0 Å². The molecule has 0 atom stereocenters. The van der Waals surface area contributed by atoms with Crippen LogP contribution in [0.5, 0.6) is 0 Å². The molecule has 0 fully saturated rings. The van der Waals surface area contributed by atoms with E-state index in [1.54, 1.807) is 23.1 Å². The fourth-order valence-corrected chi connectivity index (χ4v) is 1.98. The third-order valence-corrected chi connectivity index (χ3v) is 3.10. The summed E-state index contributed by atoms with van der Waals surface area (Å²) >= 11 is 3.30. The van der Waals surface area contributed by atoms with E-state index in [1.165, 1.54) is 0 Å². The first-order chi connectivity index (χ1) is 8.58. The first-order valence-electron chi connectivity index (χ1n) is 5.90. The fraction of sp³-hybridized carbons (Fsp3) is 0.385. The number of likely N-dealkylation sites (N-methyl/N-ethyl adjacent to an activating group) is 1. The number of carbonyl (C=O) groups excluding carboxylic acids is 2. The third kappa shape index (κ3) is 4.14. The number of rotatable bonds is 5. The zero-order valence-electron chi connectivity index (χ0n) is 10.6. The first kappa shape index (κ1) is 14.7. The average Bonchev–Trinajstić information content (AvgIpc) is 2.37. The van der Waals surface area contributed by atoms with Crippen LogP contribution in [0.4, 0.5) is 0 Å². The van der Waals surface area contributed by atoms with Crippen LogP contribution >= 0.6 is 15.9 Å². The summed E-state index contributed by atoms with van der Waals surface area (Å²) < 4.78 is 0.838. The van der Waals surface area contributed by atoms with Crippen molar-refractivity contribution in [2.24, 2.45) is 0 Å². The number of nitrogens with zero attached hydrogens (tertiary/aromatic N) is 1. The molecule has 0 aromatic heterocycles. The summed E-state index contributed by atoms with van der Waals surface area (Å²) in [6.45, 7) is 5.17. The molecule has 0 unspecified atom stereocenters. The highest BCUT2D eigenvalue weighted by Crippen LogP contribution is 2.11. The molecule has 1 aromatic rings. The van der Waals surface area contributed by atoms with Crippen LogP contribution in [0.25, 0.3) is 0 Å². The zero-order chi connectivity index (χ0) is 13.5. The lowest BCUT2D eigenvalue weighted by molar-refractivity contribution is -0.129. The Morgan fingerprint density at radius 3 is 2.50 bits per heavy atom. The summed E-state index contributed by atoms with van der Waals surface area (Å²) in [7, 11) is 0. The Labute approximate surface area is 115 Å². The molecule has 18 heavy (non-hydrogen) atoms. The van der Waals surface area contributed by atoms with E-state index in [1.807, 2.05) is 19.9 Å². The van der Waals surface area contributed by atoms with E-state index in [4.69, 9.17) is 0 Å². The minimum Gasteiger partial charge on any atom is -0.343 e. The molecule has 0 saturated carbocycles. The predicted molar refractivity (Wildman–Crippen MR) is 74.4 cm³/mol. The van der Waals surface area contributed by atoms with E-state index < -0.39 is 0 Å². The summed E-state index contributed by atoms with van der Waals surface area (Å²) in [4.78, 5) is 25.2. The maximum atomic E-state index is 11.8. The monoisotopic (exact) mass is 312 g/mol. The molecule has 0 spiro atoms. The van der Waals surface area contributed by atoms with Crippen LogP contribution in [0.15, 0.2) is 28.7 Å². The molecule has 0 aliphatic heterocycles. The van der Waals surface area contributed by atoms with Crippen molar-refractivity contribution in [1.82, 2.24) is 10.2 Å². The largest absolute Gasteiger partial charge is 0.343 e. The van der Waals surface area contributed by atoms with Crippen LogP contribution in [0.3, 0.4) is 0 Å². The summed E-state index contributed by atoms with van der Waals surface area (Å²) in [5.41, 5.74) is 0.539. The van der Waals surface area contributed by atoms with E-state index in [-0.39, 0.29) is 18.4 Å². The van der Waals surface area contributed by atoms with Crippen molar-refractivity contribution in [3.8, 4) is 0 Å². The quantitative estimate of drug-likeness (QED) is 0.904. The highest BCUT2D eigenvalue weighted by atomic mass is 79.9. The summed E-state index contributed by atoms with van der Waals surface area (Å²) in [6.07, 6.45) is 0. The topological polar surface area (TPSA) is 49.4 Å². The first-order valence-corrected chi connectivity index (χ1v) is 6.69. The smallest absolute Gasteiger partial charge is 0.251 e. The van der Waals surface area contributed by atoms with Crippen molar-refractivity contribution in [3.63, 3.8) is 0 Å². The zero-order valence-corrected chi connectivity index (χ0v) is 12.2. The number of amides is 2. The highest BCUT2D eigenvalue weighted by molar-refractivity contribution is 9.10. The standard InChI is InChI=1S/C13H17BrN2O2/c1-3-16(4-2)12(17)9-15-13(18)10-6-5-7-11(14)8-10/h5-8H,3-4,9H2,1-2H3,(H,15,18). The van der Waals surface area contributed by atoms with Crippen LogP contribution in [-0.4, -0.2) is 36.3 Å². The Bertz CT molecular complexity index is 431. The van der Waals surface area contributed by atoms with Gasteiger partial charge in [0.1, 0.15) is 0 Å². The van der Waals surface area contributed by atoms with Gasteiger partial charge in [0.2, 0.25) is 5.91 Å². The number of nitrogens with one attached hydrogen (secondary N) is 1. The van der Waals surface area contributed by atoms with Crippen molar-refractivity contribution in [3.05, 3.63) is 34.3 Å². The normalized spacial score (nSPS) is 9.94. The molecule has 0 heterocycles. The second-order valence-electron chi connectivity index (χ2n) is 3.76. The maximum absolute atomic E-state index is 11.8. The molecule has 5 heteroatoms. The van der Waals surface area contributed by atoms with E-state index in [9.17, 15) is 9.59 Å². The van der Waals surface area contributed by atoms with E-state index in [0.29, 0.717) is 18.7 Å². The Balaban J connectivity index is 2.54. The SMILES string of the molecule is CCN(CC)C(=O)CNC(=O)c1cccc(Br)c1. The van der Waals surface area contributed by atoms with Crippen LogP contribution < -0.4 is 5.32 Å². The minimum atomic E-state index is -0.239. The minimum absolute atomic E-state index is 0.0347. The van der Waals surface area contributed by atoms with E-state index in [2.05, 4.69) is 21.2 Å². The van der Waals surface area contributed by atoms with Gasteiger partial charge in [-0.2, -0.15) is 0 Å². The molecule has 2 amide bonds. The molecule has 4 nitrogen and oxygen atoms in total. The Morgan fingerprint density at radius 1 is 1.28 bits per heavy atom. The Morgan fingerprint density at radius 2 is 1.94 bits per heavy atom. The van der Waals surface area contributed by atoms with Crippen LogP contribution in [0.2, 0.25) is 0 Å². The van der Waals surface area contributed by atoms with Crippen molar-refractivity contribution in [1.29, 1.82) is 0 Å². The number of benzene rings is 1. The van der Waals surface area contributed by atoms with E-state index in [0.717, 1.165) is 4.47 Å². The van der Waals surface area contributed by atoms with Gasteiger partial charge in [0, 0.05) is 23.1 Å². The second kappa shape index (κ2) is 7.16. The summed E-state index contributed by atoms with van der Waals surface area (Å²) in [6, 6.07) is 7.06. The fourth-order valence-electron chi connectivity index (χ4n) is 1.58. The lowest BCUT2D eigenvalue weighted by Gasteiger charge is -2.18. The van der Waals surface area contributed by atoms with Crippen molar-refractivity contribution in [2.75, 3.05) is 19.6 Å². The van der Waals surface area contributed by atoms with Gasteiger partial charge in [-0.25, -0.2) is 0 Å². The van der Waals surface area contributed by atoms with Gasteiger partial charge in [-0.1, -0.05) is 22.0 Å². The van der Waals surface area contributed by atoms with Crippen LogP contribution in [-0.2, 0) is 4.79 Å². The summed E-state index contributed by atoms with van der Waals surface area (Å²) in [5, 5.41) is 2.62.